The van der Waals surface area contributed by atoms with Crippen molar-refractivity contribution < 1.29 is 0 Å². The van der Waals surface area contributed by atoms with Crippen molar-refractivity contribution in [1.82, 2.24) is 0 Å². The van der Waals surface area contributed by atoms with Gasteiger partial charge in [-0.05, 0) is 196 Å². The lowest BCUT2D eigenvalue weighted by molar-refractivity contribution is 0.590. The maximum absolute atomic E-state index is 2.63. The Kier molecular flexibility index (Phi) is 13.5. The second kappa shape index (κ2) is 22.1. The first-order chi connectivity index (χ1) is 44.4. The van der Waals surface area contributed by atoms with Crippen LogP contribution in [0.2, 0.25) is 0 Å². The topological polar surface area (TPSA) is 9.72 Å². The molecule has 0 atom stereocenters. The molecule has 0 saturated heterocycles. The van der Waals surface area contributed by atoms with Gasteiger partial charge in [0.25, 0.3) is 0 Å². The van der Waals surface area contributed by atoms with Crippen LogP contribution in [0.25, 0.3) is 66.8 Å². The summed E-state index contributed by atoms with van der Waals surface area (Å²) in [5.41, 5.74) is 33.0. The zero-order valence-corrected chi connectivity index (χ0v) is 52.5. The molecule has 0 amide bonds. The zero-order valence-electron chi connectivity index (χ0n) is 52.5. The average Bonchev–Trinajstić information content (AvgIpc) is 0.704. The molecule has 0 N–H and O–H groups in total. The second-order valence-corrected chi connectivity index (χ2v) is 27.0. The second-order valence-electron chi connectivity index (χ2n) is 27.0. The lowest BCUT2D eigenvalue weighted by Gasteiger charge is -2.48. The minimum Gasteiger partial charge on any atom is -0.306 e. The molecule has 3 heteroatoms. The van der Waals surface area contributed by atoms with Crippen molar-refractivity contribution in [2.45, 2.75) is 64.7 Å². The standard InChI is InChI=1S/C88H71N3/c1-87(2,3)73-41-35-62(36-42-73)64-39-45-79-81(54-64)91-82-55-65(63-37-43-74(44-38-63)88(4,5)6)40-46-80(82)90(76-52-70(60-27-15-9-16-28-60)49-71(53-76)61-29-17-10-18-30-61)84-57-72(85-77-33-21-19-31-66(77)47-67-32-20-22-34-78(67)85)56-83(86(84)91)89(79)75-50-68(58-23-11-7-12-24-58)48-69(51-75)59-25-13-8-14-26-59/h7-46,48-57,85H,47H2,1-6H3. The minimum atomic E-state index is -0.0643. The Bertz CT molecular complexity index is 4480. The van der Waals surface area contributed by atoms with Crippen molar-refractivity contribution in [3.63, 3.8) is 0 Å². The van der Waals surface area contributed by atoms with Crippen molar-refractivity contribution >= 4 is 51.2 Å². The van der Waals surface area contributed by atoms with E-state index in [9.17, 15) is 0 Å². The van der Waals surface area contributed by atoms with Gasteiger partial charge in [-0.2, -0.15) is 0 Å². The summed E-state index contributed by atoms with van der Waals surface area (Å²) in [6.45, 7) is 13.8. The fourth-order valence-corrected chi connectivity index (χ4v) is 14.4. The van der Waals surface area contributed by atoms with Crippen LogP contribution >= 0.6 is 0 Å². The lowest BCUT2D eigenvalue weighted by atomic mass is 9.74. The number of nitrogens with zero attached hydrogens (tertiary/aromatic N) is 3. The van der Waals surface area contributed by atoms with Crippen LogP contribution < -0.4 is 14.7 Å². The molecule has 438 valence electrons. The third kappa shape index (κ3) is 10.0. The van der Waals surface area contributed by atoms with E-state index in [1.165, 1.54) is 50.1 Å². The van der Waals surface area contributed by atoms with Crippen molar-refractivity contribution in [3.05, 3.63) is 342 Å². The van der Waals surface area contributed by atoms with E-state index >= 15 is 0 Å². The van der Waals surface area contributed by atoms with E-state index < -0.39 is 0 Å². The molecule has 13 aromatic rings. The molecule has 0 bridgehead atoms. The van der Waals surface area contributed by atoms with Crippen molar-refractivity contribution in [3.8, 4) is 66.8 Å². The van der Waals surface area contributed by atoms with Crippen LogP contribution in [0.1, 0.15) is 86.4 Å². The average molecular weight is 1170 g/mol. The molecule has 0 spiro atoms. The van der Waals surface area contributed by atoms with Gasteiger partial charge >= 0.3 is 0 Å². The van der Waals surface area contributed by atoms with Gasteiger partial charge in [0.2, 0.25) is 0 Å². The molecule has 3 nitrogen and oxygen atoms in total. The van der Waals surface area contributed by atoms with E-state index in [4.69, 9.17) is 0 Å². The summed E-state index contributed by atoms with van der Waals surface area (Å²) in [6, 6.07) is 115. The molecule has 0 fully saturated rings. The van der Waals surface area contributed by atoms with Gasteiger partial charge in [-0.3, -0.25) is 0 Å². The molecular weight excluding hydrogens is 1100 g/mol. The Balaban J connectivity index is 1.05. The molecule has 3 aliphatic rings. The Morgan fingerprint density at radius 2 is 0.571 bits per heavy atom. The van der Waals surface area contributed by atoms with Crippen molar-refractivity contribution in [2.24, 2.45) is 0 Å². The van der Waals surface area contributed by atoms with Crippen LogP contribution in [0.4, 0.5) is 51.2 Å². The number of hydrogen-bond donors (Lipinski definition) is 0. The quantitative estimate of drug-likeness (QED) is 0.143. The van der Waals surface area contributed by atoms with E-state index in [1.54, 1.807) is 0 Å². The third-order valence-corrected chi connectivity index (χ3v) is 19.1. The monoisotopic (exact) mass is 1170 g/mol. The van der Waals surface area contributed by atoms with Crippen LogP contribution in [-0.4, -0.2) is 0 Å². The highest BCUT2D eigenvalue weighted by Gasteiger charge is 2.42. The molecule has 1 aliphatic carbocycles. The summed E-state index contributed by atoms with van der Waals surface area (Å²) in [6.07, 6.45) is 0.888. The highest BCUT2D eigenvalue weighted by atomic mass is 15.3. The molecule has 0 radical (unpaired) electrons. The number of benzene rings is 13. The minimum absolute atomic E-state index is 0.0130. The Morgan fingerprint density at radius 3 is 0.923 bits per heavy atom. The van der Waals surface area contributed by atoms with Gasteiger partial charge in [-0.15, -0.1) is 0 Å². The zero-order chi connectivity index (χ0) is 61.5. The van der Waals surface area contributed by atoms with E-state index in [2.05, 4.69) is 360 Å². The maximum atomic E-state index is 2.63. The van der Waals surface area contributed by atoms with Gasteiger partial charge in [-0.1, -0.05) is 272 Å². The van der Waals surface area contributed by atoms with Crippen LogP contribution in [-0.2, 0) is 17.3 Å². The predicted molar refractivity (Wildman–Crippen MR) is 384 cm³/mol. The maximum Gasteiger partial charge on any atom is 0.0948 e. The molecule has 91 heavy (non-hydrogen) atoms. The highest BCUT2D eigenvalue weighted by Crippen LogP contribution is 2.66. The molecule has 13 aromatic carbocycles. The first-order valence-electron chi connectivity index (χ1n) is 32.1. The van der Waals surface area contributed by atoms with Crippen LogP contribution in [0.3, 0.4) is 0 Å². The van der Waals surface area contributed by atoms with Crippen LogP contribution in [0.15, 0.2) is 303 Å². The number of rotatable bonds is 9. The van der Waals surface area contributed by atoms with Crippen molar-refractivity contribution in [1.29, 1.82) is 0 Å². The molecule has 16 rings (SSSR count). The first-order valence-corrected chi connectivity index (χ1v) is 32.1. The molecular formula is C88H71N3. The lowest BCUT2D eigenvalue weighted by Crippen LogP contribution is -2.31. The molecule has 0 aromatic heterocycles. The summed E-state index contributed by atoms with van der Waals surface area (Å²) in [7, 11) is 0. The Morgan fingerprint density at radius 1 is 0.253 bits per heavy atom. The summed E-state index contributed by atoms with van der Waals surface area (Å²) < 4.78 is 0. The number of hydrogen-bond acceptors (Lipinski definition) is 3. The number of anilines is 9. The SMILES string of the molecule is CC(C)(C)c1ccc(-c2ccc3c(c2)N2c4cc(-c5ccc(C(C)(C)C)cc5)ccc4N(c4cc(-c5ccccc5)cc(-c5ccccc5)c4)c4cc(C5c6ccccc6Cc6ccccc65)cc(c42)N3c2cc(-c3ccccc3)cc(-c3ccccc3)c2)cc1. The van der Waals surface area contributed by atoms with Gasteiger partial charge in [0.05, 0.1) is 39.8 Å². The molecule has 0 saturated carbocycles. The Hall–Kier alpha value is -10.7. The van der Waals surface area contributed by atoms with Gasteiger partial charge in [0, 0.05) is 17.3 Å². The highest BCUT2D eigenvalue weighted by molar-refractivity contribution is 6.14. The third-order valence-electron chi connectivity index (χ3n) is 19.1. The van der Waals surface area contributed by atoms with Gasteiger partial charge in [0.1, 0.15) is 0 Å². The number of fused-ring (bicyclic) bond motifs is 6. The van der Waals surface area contributed by atoms with Crippen LogP contribution in [0.5, 0.6) is 0 Å². The van der Waals surface area contributed by atoms with Gasteiger partial charge in [-0.25, -0.2) is 0 Å². The molecule has 2 heterocycles. The van der Waals surface area contributed by atoms with Gasteiger partial charge in [0.15, 0.2) is 0 Å². The molecule has 2 aliphatic heterocycles. The Labute approximate surface area is 536 Å². The summed E-state index contributed by atoms with van der Waals surface area (Å²) in [4.78, 5) is 7.84. The fraction of sp³-hybridized carbons (Fsp3) is 0.114. The van der Waals surface area contributed by atoms with Crippen molar-refractivity contribution in [2.75, 3.05) is 14.7 Å². The normalized spacial score (nSPS) is 13.2. The first kappa shape index (κ1) is 55.6. The van der Waals surface area contributed by atoms with E-state index in [1.807, 2.05) is 0 Å². The van der Waals surface area contributed by atoms with Gasteiger partial charge < -0.3 is 14.7 Å². The summed E-state index contributed by atoms with van der Waals surface area (Å²) >= 11 is 0. The summed E-state index contributed by atoms with van der Waals surface area (Å²) in [5.74, 6) is -0.0643. The van der Waals surface area contributed by atoms with E-state index in [0.29, 0.717) is 0 Å². The summed E-state index contributed by atoms with van der Waals surface area (Å²) in [5, 5.41) is 0. The van der Waals surface area contributed by atoms with E-state index in [-0.39, 0.29) is 16.7 Å². The smallest absolute Gasteiger partial charge is 0.0948 e. The van der Waals surface area contributed by atoms with E-state index in [0.717, 1.165) is 113 Å². The largest absolute Gasteiger partial charge is 0.306 e. The predicted octanol–water partition coefficient (Wildman–Crippen LogP) is 24.4. The fourth-order valence-electron chi connectivity index (χ4n) is 14.4. The molecule has 0 unspecified atom stereocenters. The van der Waals surface area contributed by atoms with Crippen LogP contribution in [0, 0.1) is 0 Å².